The molecule has 10 nitrogen and oxygen atoms in total. The molecule has 0 saturated carbocycles. The van der Waals surface area contributed by atoms with E-state index in [2.05, 4.69) is 0 Å². The van der Waals surface area contributed by atoms with E-state index in [1.54, 1.807) is 72.8 Å². The molecule has 0 aromatic heterocycles. The highest BCUT2D eigenvalue weighted by molar-refractivity contribution is 5.77. The first-order valence-corrected chi connectivity index (χ1v) is 14.7. The number of aryl methyl sites for hydroxylation is 2. The molecule has 0 unspecified atom stereocenters. The van der Waals surface area contributed by atoms with Crippen LogP contribution in [0.4, 0.5) is 0 Å². The summed E-state index contributed by atoms with van der Waals surface area (Å²) in [5.41, 5.74) is 2.36. The van der Waals surface area contributed by atoms with Crippen LogP contribution >= 0.6 is 0 Å². The SMILES string of the molecule is COc1cc(C=O)ccc1OCC(COc1ccc(C=O)cc1C)(COc1ccc(C=O)cc1C)COc1ccc(C=O)cc1OC. The van der Waals surface area contributed by atoms with Crippen molar-refractivity contribution in [3.8, 4) is 34.5 Å². The lowest BCUT2D eigenvalue weighted by Crippen LogP contribution is -2.45. The predicted molar refractivity (Wildman–Crippen MR) is 174 cm³/mol. The second-order valence-electron chi connectivity index (χ2n) is 11.0. The molecule has 0 amide bonds. The molecule has 4 aromatic rings. The Balaban J connectivity index is 1.74. The Morgan fingerprint density at radius 2 is 0.745 bits per heavy atom. The average Bonchev–Trinajstić information content (AvgIpc) is 3.11. The summed E-state index contributed by atoms with van der Waals surface area (Å²) in [5.74, 6) is 2.58. The number of hydrogen-bond donors (Lipinski definition) is 0. The highest BCUT2D eigenvalue weighted by Crippen LogP contribution is 2.34. The van der Waals surface area contributed by atoms with E-state index in [9.17, 15) is 19.2 Å². The van der Waals surface area contributed by atoms with Gasteiger partial charge in [-0.15, -0.1) is 0 Å². The van der Waals surface area contributed by atoms with E-state index in [0.29, 0.717) is 69.3 Å². The molecule has 0 aliphatic heterocycles. The summed E-state index contributed by atoms with van der Waals surface area (Å²) in [6.45, 7) is 3.73. The molecule has 0 spiro atoms. The van der Waals surface area contributed by atoms with Crippen LogP contribution in [0.15, 0.2) is 72.8 Å². The smallest absolute Gasteiger partial charge is 0.161 e. The summed E-state index contributed by atoms with van der Waals surface area (Å²) in [6.07, 6.45) is 2.96. The largest absolute Gasteiger partial charge is 0.493 e. The van der Waals surface area contributed by atoms with Crippen LogP contribution in [0.1, 0.15) is 52.6 Å². The van der Waals surface area contributed by atoms with Crippen molar-refractivity contribution in [2.45, 2.75) is 13.8 Å². The van der Waals surface area contributed by atoms with Crippen molar-refractivity contribution >= 4 is 25.1 Å². The summed E-state index contributed by atoms with van der Waals surface area (Å²) in [7, 11) is 2.96. The maximum atomic E-state index is 11.4. The van der Waals surface area contributed by atoms with Crippen LogP contribution < -0.4 is 28.4 Å². The molecule has 0 atom stereocenters. The molecular formula is C37H36O10. The topological polar surface area (TPSA) is 124 Å². The zero-order valence-electron chi connectivity index (χ0n) is 26.6. The third-order valence-electron chi connectivity index (χ3n) is 7.45. The molecule has 0 bridgehead atoms. The van der Waals surface area contributed by atoms with Crippen molar-refractivity contribution in [2.75, 3.05) is 40.6 Å². The van der Waals surface area contributed by atoms with Gasteiger partial charge in [0.25, 0.3) is 0 Å². The zero-order chi connectivity index (χ0) is 33.8. The Kier molecular flexibility index (Phi) is 11.7. The first-order valence-electron chi connectivity index (χ1n) is 14.7. The fraction of sp³-hybridized carbons (Fsp3) is 0.243. The number of ether oxygens (including phenoxy) is 6. The number of hydrogen-bond acceptors (Lipinski definition) is 10. The number of methoxy groups -OCH3 is 2. The summed E-state index contributed by atoms with van der Waals surface area (Å²) in [4.78, 5) is 45.4. The van der Waals surface area contributed by atoms with Gasteiger partial charge in [0.05, 0.1) is 14.2 Å². The van der Waals surface area contributed by atoms with Crippen LogP contribution in [0.25, 0.3) is 0 Å². The Bertz CT molecular complexity index is 1600. The van der Waals surface area contributed by atoms with E-state index in [0.717, 1.165) is 23.7 Å². The molecule has 0 radical (unpaired) electrons. The van der Waals surface area contributed by atoms with Gasteiger partial charge < -0.3 is 28.4 Å². The minimum atomic E-state index is -1.02. The Hall–Kier alpha value is -5.64. The van der Waals surface area contributed by atoms with Crippen molar-refractivity contribution in [3.63, 3.8) is 0 Å². The van der Waals surface area contributed by atoms with E-state index in [1.165, 1.54) is 14.2 Å². The minimum Gasteiger partial charge on any atom is -0.493 e. The van der Waals surface area contributed by atoms with Crippen LogP contribution in [0.3, 0.4) is 0 Å². The highest BCUT2D eigenvalue weighted by Gasteiger charge is 2.37. The fourth-order valence-electron chi connectivity index (χ4n) is 4.74. The van der Waals surface area contributed by atoms with E-state index >= 15 is 0 Å². The van der Waals surface area contributed by atoms with Gasteiger partial charge in [-0.1, -0.05) is 0 Å². The van der Waals surface area contributed by atoms with Crippen LogP contribution in [0.2, 0.25) is 0 Å². The number of rotatable bonds is 18. The standard InChI is InChI=1S/C37H36O10/c1-25-13-27(17-38)5-9-31(25)44-21-37(22-45-32-10-6-28(18-39)14-26(32)2,23-46-33-11-7-29(19-40)15-35(33)42-3)24-47-34-12-8-30(20-41)16-36(34)43-4/h5-20H,21-24H2,1-4H3. The molecule has 10 heteroatoms. The summed E-state index contributed by atoms with van der Waals surface area (Å²) in [6, 6.07) is 19.9. The lowest BCUT2D eigenvalue weighted by atomic mass is 9.91. The maximum Gasteiger partial charge on any atom is 0.161 e. The van der Waals surface area contributed by atoms with Crippen molar-refractivity contribution < 1.29 is 47.6 Å². The van der Waals surface area contributed by atoms with Gasteiger partial charge in [0.1, 0.15) is 68.5 Å². The highest BCUT2D eigenvalue weighted by atomic mass is 16.5. The summed E-state index contributed by atoms with van der Waals surface area (Å²) in [5, 5.41) is 0. The summed E-state index contributed by atoms with van der Waals surface area (Å²) < 4.78 is 36.4. The van der Waals surface area contributed by atoms with Gasteiger partial charge in [-0.25, -0.2) is 0 Å². The van der Waals surface area contributed by atoms with Crippen molar-refractivity contribution in [2.24, 2.45) is 5.41 Å². The van der Waals surface area contributed by atoms with Gasteiger partial charge in [-0.3, -0.25) is 19.2 Å². The minimum absolute atomic E-state index is 0.00449. The molecule has 0 N–H and O–H groups in total. The van der Waals surface area contributed by atoms with E-state index in [-0.39, 0.29) is 26.4 Å². The van der Waals surface area contributed by atoms with Crippen molar-refractivity contribution in [1.82, 2.24) is 0 Å². The molecule has 0 heterocycles. The molecule has 0 saturated heterocycles. The second kappa shape index (κ2) is 16.1. The van der Waals surface area contributed by atoms with Crippen LogP contribution in [-0.4, -0.2) is 65.8 Å². The summed E-state index contributed by atoms with van der Waals surface area (Å²) >= 11 is 0. The van der Waals surface area contributed by atoms with Gasteiger partial charge in [0.2, 0.25) is 0 Å². The monoisotopic (exact) mass is 640 g/mol. The van der Waals surface area contributed by atoms with Gasteiger partial charge in [0.15, 0.2) is 23.0 Å². The molecule has 47 heavy (non-hydrogen) atoms. The Morgan fingerprint density at radius 3 is 1.04 bits per heavy atom. The van der Waals surface area contributed by atoms with Crippen molar-refractivity contribution in [3.05, 3.63) is 106 Å². The predicted octanol–water partition coefficient (Wildman–Crippen LogP) is 6.17. The lowest BCUT2D eigenvalue weighted by molar-refractivity contribution is -0.00498. The first kappa shape index (κ1) is 34.2. The molecule has 0 fully saturated rings. The maximum absolute atomic E-state index is 11.4. The number of benzene rings is 4. The van der Waals surface area contributed by atoms with E-state index < -0.39 is 5.41 Å². The number of carbonyl (C=O) groups excluding carboxylic acids is 4. The van der Waals surface area contributed by atoms with Crippen LogP contribution in [0, 0.1) is 19.3 Å². The van der Waals surface area contributed by atoms with Gasteiger partial charge in [0, 0.05) is 22.3 Å². The van der Waals surface area contributed by atoms with Crippen LogP contribution in [-0.2, 0) is 0 Å². The second-order valence-corrected chi connectivity index (χ2v) is 11.0. The lowest BCUT2D eigenvalue weighted by Gasteiger charge is -2.34. The van der Waals surface area contributed by atoms with Crippen molar-refractivity contribution in [1.29, 1.82) is 0 Å². The molecule has 0 aliphatic rings. The Morgan fingerprint density at radius 1 is 0.447 bits per heavy atom. The average molecular weight is 641 g/mol. The molecule has 4 rings (SSSR count). The van der Waals surface area contributed by atoms with E-state index in [4.69, 9.17) is 28.4 Å². The first-order chi connectivity index (χ1) is 22.8. The Labute approximate surface area is 273 Å². The third kappa shape index (κ3) is 8.76. The zero-order valence-corrected chi connectivity index (χ0v) is 26.6. The van der Waals surface area contributed by atoms with Gasteiger partial charge in [-0.05, 0) is 97.8 Å². The van der Waals surface area contributed by atoms with E-state index in [1.807, 2.05) is 13.8 Å². The van der Waals surface area contributed by atoms with Gasteiger partial charge in [-0.2, -0.15) is 0 Å². The van der Waals surface area contributed by atoms with Gasteiger partial charge >= 0.3 is 0 Å². The number of aldehydes is 4. The normalized spacial score (nSPS) is 10.8. The fourth-order valence-corrected chi connectivity index (χ4v) is 4.74. The molecule has 244 valence electrons. The quantitative estimate of drug-likeness (QED) is 0.117. The molecule has 0 aliphatic carbocycles. The molecular weight excluding hydrogens is 604 g/mol. The third-order valence-corrected chi connectivity index (χ3v) is 7.45. The van der Waals surface area contributed by atoms with Crippen LogP contribution in [0.5, 0.6) is 34.5 Å². The number of carbonyl (C=O) groups is 4. The molecule has 4 aromatic carbocycles.